The van der Waals surface area contributed by atoms with Crippen molar-refractivity contribution in [3.8, 4) is 0 Å². The molecule has 1 aliphatic carbocycles. The van der Waals surface area contributed by atoms with E-state index in [-0.39, 0.29) is 16.9 Å². The minimum Gasteiger partial charge on any atom is -0.365 e. The highest BCUT2D eigenvalue weighted by atomic mass is 79.9. The zero-order chi connectivity index (χ0) is 22.8. The van der Waals surface area contributed by atoms with Gasteiger partial charge in [-0.25, -0.2) is 0 Å². The Kier molecular flexibility index (Phi) is 6.05. The van der Waals surface area contributed by atoms with E-state index in [4.69, 9.17) is 5.73 Å². The predicted molar refractivity (Wildman–Crippen MR) is 123 cm³/mol. The molecule has 0 spiro atoms. The molecule has 8 heteroatoms. The summed E-state index contributed by atoms with van der Waals surface area (Å²) < 4.78 is 0.851. The maximum atomic E-state index is 13.2. The van der Waals surface area contributed by atoms with E-state index in [0.29, 0.717) is 35.2 Å². The van der Waals surface area contributed by atoms with E-state index in [9.17, 15) is 19.2 Å². The lowest BCUT2D eigenvalue weighted by molar-refractivity contribution is 0.0923. The van der Waals surface area contributed by atoms with Crippen molar-refractivity contribution >= 4 is 33.5 Å². The third kappa shape index (κ3) is 4.27. The number of rotatable bonds is 5. The van der Waals surface area contributed by atoms with Crippen LogP contribution >= 0.6 is 15.9 Å². The lowest BCUT2D eigenvalue weighted by Gasteiger charge is -2.26. The zero-order valence-corrected chi connectivity index (χ0v) is 18.6. The molecule has 1 unspecified atom stereocenters. The predicted octanol–water partition coefficient (Wildman–Crippen LogP) is 3.27. The van der Waals surface area contributed by atoms with Crippen LogP contribution < -0.4 is 16.6 Å². The van der Waals surface area contributed by atoms with Gasteiger partial charge in [0.25, 0.3) is 17.4 Å². The molecule has 1 atom stereocenters. The zero-order valence-electron chi connectivity index (χ0n) is 17.0. The molecule has 1 aromatic heterocycles. The van der Waals surface area contributed by atoms with Crippen molar-refractivity contribution < 1.29 is 14.4 Å². The molecular formula is C24H20BrN3O4. The van der Waals surface area contributed by atoms with Gasteiger partial charge in [-0.05, 0) is 61.2 Å². The summed E-state index contributed by atoms with van der Waals surface area (Å²) in [5.41, 5.74) is 7.00. The van der Waals surface area contributed by atoms with Gasteiger partial charge in [-0.15, -0.1) is 0 Å². The first-order valence-corrected chi connectivity index (χ1v) is 10.9. The Morgan fingerprint density at radius 1 is 1.00 bits per heavy atom. The van der Waals surface area contributed by atoms with E-state index in [1.54, 1.807) is 48.5 Å². The van der Waals surface area contributed by atoms with Crippen LogP contribution in [0, 0.1) is 0 Å². The first-order chi connectivity index (χ1) is 15.3. The molecule has 4 N–H and O–H groups in total. The number of nitrogens with two attached hydrogens (primary N) is 1. The van der Waals surface area contributed by atoms with Crippen LogP contribution in [0.3, 0.4) is 0 Å². The number of fused-ring (bicyclic) bond motifs is 1. The second-order valence-corrected chi connectivity index (χ2v) is 8.53. The van der Waals surface area contributed by atoms with Gasteiger partial charge in [0.2, 0.25) is 0 Å². The van der Waals surface area contributed by atoms with E-state index in [1.165, 1.54) is 6.07 Å². The standard InChI is InChI=1S/C24H20BrN3O4/c25-14-10-8-13(9-11-14)21(29)15-4-1-2-5-16(15)23(31)27-19-6-3-7-20-17(19)12-18(22(26)30)24(32)28-20/h1-2,4-5,8-12,19H,3,6-7H2,(H2,26,30)(H,27,31)(H,28,32). The Balaban J connectivity index is 1.65. The summed E-state index contributed by atoms with van der Waals surface area (Å²) in [6.45, 7) is 0. The van der Waals surface area contributed by atoms with Gasteiger partial charge in [0.1, 0.15) is 5.56 Å². The highest BCUT2D eigenvalue weighted by Crippen LogP contribution is 2.29. The van der Waals surface area contributed by atoms with Crippen LogP contribution in [0.1, 0.15) is 66.8 Å². The van der Waals surface area contributed by atoms with Crippen LogP contribution in [-0.2, 0) is 6.42 Å². The SMILES string of the molecule is NC(=O)c1cc2c([nH]c1=O)CCCC2NC(=O)c1ccccc1C(=O)c1ccc(Br)cc1. The smallest absolute Gasteiger partial charge is 0.261 e. The number of hydrogen-bond acceptors (Lipinski definition) is 4. The Morgan fingerprint density at radius 3 is 2.38 bits per heavy atom. The van der Waals surface area contributed by atoms with Crippen LogP contribution in [0.2, 0.25) is 0 Å². The van der Waals surface area contributed by atoms with Crippen molar-refractivity contribution in [1.82, 2.24) is 10.3 Å². The normalized spacial score (nSPS) is 15.0. The summed E-state index contributed by atoms with van der Waals surface area (Å²) in [4.78, 5) is 52.6. The average molecular weight is 494 g/mol. The fraction of sp³-hybridized carbons (Fsp3) is 0.167. The van der Waals surface area contributed by atoms with E-state index in [1.807, 2.05) is 0 Å². The average Bonchev–Trinajstić information content (AvgIpc) is 2.78. The number of aromatic nitrogens is 1. The number of benzene rings is 2. The molecule has 0 fully saturated rings. The van der Waals surface area contributed by atoms with Crippen LogP contribution in [0.5, 0.6) is 0 Å². The summed E-state index contributed by atoms with van der Waals surface area (Å²) in [5, 5.41) is 2.96. The van der Waals surface area contributed by atoms with Crippen molar-refractivity contribution in [2.24, 2.45) is 5.73 Å². The van der Waals surface area contributed by atoms with Crippen LogP contribution in [-0.4, -0.2) is 22.6 Å². The Morgan fingerprint density at radius 2 is 1.69 bits per heavy atom. The Labute approximate surface area is 192 Å². The first-order valence-electron chi connectivity index (χ1n) is 10.1. The number of hydrogen-bond donors (Lipinski definition) is 3. The minimum absolute atomic E-state index is 0.143. The van der Waals surface area contributed by atoms with E-state index < -0.39 is 23.4 Å². The maximum absolute atomic E-state index is 13.2. The summed E-state index contributed by atoms with van der Waals surface area (Å²) in [6, 6.07) is 14.6. The number of ketones is 1. The first kappa shape index (κ1) is 21.7. The van der Waals surface area contributed by atoms with Gasteiger partial charge in [0.15, 0.2) is 5.78 Å². The number of carbonyl (C=O) groups excluding carboxylic acids is 3. The van der Waals surface area contributed by atoms with Crippen molar-refractivity contribution in [2.75, 3.05) is 0 Å². The van der Waals surface area contributed by atoms with Crippen molar-refractivity contribution in [3.05, 3.63) is 103 Å². The molecule has 1 heterocycles. The molecule has 7 nitrogen and oxygen atoms in total. The lowest BCUT2D eigenvalue weighted by atomic mass is 9.89. The molecule has 32 heavy (non-hydrogen) atoms. The van der Waals surface area contributed by atoms with Gasteiger partial charge < -0.3 is 16.0 Å². The number of amides is 2. The highest BCUT2D eigenvalue weighted by molar-refractivity contribution is 9.10. The third-order valence-electron chi connectivity index (χ3n) is 5.55. The summed E-state index contributed by atoms with van der Waals surface area (Å²) >= 11 is 3.35. The van der Waals surface area contributed by atoms with Gasteiger partial charge in [0.05, 0.1) is 11.6 Å². The molecule has 1 aliphatic rings. The molecular weight excluding hydrogens is 474 g/mol. The molecule has 0 radical (unpaired) electrons. The molecule has 2 aromatic carbocycles. The summed E-state index contributed by atoms with van der Waals surface area (Å²) in [6.07, 6.45) is 2.02. The number of halogens is 1. The van der Waals surface area contributed by atoms with Gasteiger partial charge in [-0.1, -0.05) is 34.1 Å². The van der Waals surface area contributed by atoms with Crippen molar-refractivity contribution in [3.63, 3.8) is 0 Å². The van der Waals surface area contributed by atoms with Crippen LogP contribution in [0.4, 0.5) is 0 Å². The second kappa shape index (κ2) is 8.92. The number of aryl methyl sites for hydroxylation is 1. The Hall–Kier alpha value is -3.52. The molecule has 162 valence electrons. The molecule has 0 saturated heterocycles. The van der Waals surface area contributed by atoms with Crippen molar-refractivity contribution in [1.29, 1.82) is 0 Å². The summed E-state index contributed by atoms with van der Waals surface area (Å²) in [5.74, 6) is -1.49. The van der Waals surface area contributed by atoms with Crippen LogP contribution in [0.25, 0.3) is 0 Å². The summed E-state index contributed by atoms with van der Waals surface area (Å²) in [7, 11) is 0. The largest absolute Gasteiger partial charge is 0.365 e. The van der Waals surface area contributed by atoms with Crippen molar-refractivity contribution in [2.45, 2.75) is 25.3 Å². The van der Waals surface area contributed by atoms with E-state index in [0.717, 1.165) is 10.9 Å². The number of nitrogens with one attached hydrogen (secondary N) is 2. The number of H-pyrrole nitrogens is 1. The Bertz CT molecular complexity index is 1280. The number of pyridine rings is 1. The fourth-order valence-corrected chi connectivity index (χ4v) is 4.21. The highest BCUT2D eigenvalue weighted by Gasteiger charge is 2.26. The number of primary amides is 1. The monoisotopic (exact) mass is 493 g/mol. The second-order valence-electron chi connectivity index (χ2n) is 7.61. The van der Waals surface area contributed by atoms with Gasteiger partial charge in [0, 0.05) is 21.3 Å². The maximum Gasteiger partial charge on any atom is 0.261 e. The third-order valence-corrected chi connectivity index (χ3v) is 6.07. The van der Waals surface area contributed by atoms with Gasteiger partial charge >= 0.3 is 0 Å². The topological polar surface area (TPSA) is 122 Å². The molecule has 3 aromatic rings. The minimum atomic E-state index is -0.824. The molecule has 2 amide bonds. The molecule has 0 aliphatic heterocycles. The van der Waals surface area contributed by atoms with Gasteiger partial charge in [-0.3, -0.25) is 19.2 Å². The molecule has 0 bridgehead atoms. The quantitative estimate of drug-likeness (QED) is 0.472. The van der Waals surface area contributed by atoms with E-state index >= 15 is 0 Å². The number of carbonyl (C=O) groups is 3. The fourth-order valence-electron chi connectivity index (χ4n) is 3.95. The van der Waals surface area contributed by atoms with E-state index in [2.05, 4.69) is 26.2 Å². The molecule has 0 saturated carbocycles. The van der Waals surface area contributed by atoms with Crippen LogP contribution in [0.15, 0.2) is 63.9 Å². The molecule has 4 rings (SSSR count). The van der Waals surface area contributed by atoms with Gasteiger partial charge in [-0.2, -0.15) is 0 Å². The number of aromatic amines is 1. The lowest BCUT2D eigenvalue weighted by Crippen LogP contribution is -2.34.